The van der Waals surface area contributed by atoms with Gasteiger partial charge in [-0.05, 0) is 88.8 Å². The number of carbonyl (C=O) groups excluding carboxylic acids is 2. The van der Waals surface area contributed by atoms with Crippen LogP contribution >= 0.6 is 39.1 Å². The molecule has 0 radical (unpaired) electrons. The zero-order valence-electron chi connectivity index (χ0n) is 18.3. The van der Waals surface area contributed by atoms with Crippen molar-refractivity contribution in [1.82, 2.24) is 14.8 Å². The van der Waals surface area contributed by atoms with Crippen molar-refractivity contribution in [3.05, 3.63) is 61.3 Å². The molecule has 174 valence electrons. The van der Waals surface area contributed by atoms with Crippen molar-refractivity contribution in [1.29, 1.82) is 0 Å². The summed E-state index contributed by atoms with van der Waals surface area (Å²) in [7, 11) is 0. The van der Waals surface area contributed by atoms with Gasteiger partial charge < -0.3 is 9.80 Å². The van der Waals surface area contributed by atoms with Crippen LogP contribution in [0.1, 0.15) is 54.0 Å². The Bertz CT molecular complexity index is 1100. The van der Waals surface area contributed by atoms with E-state index in [1.54, 1.807) is 4.90 Å². The summed E-state index contributed by atoms with van der Waals surface area (Å²) in [5, 5.41) is 1.36. The molecule has 2 aromatic rings. The van der Waals surface area contributed by atoms with Crippen LogP contribution in [0, 0.1) is 5.92 Å². The Morgan fingerprint density at radius 3 is 2.55 bits per heavy atom. The van der Waals surface area contributed by atoms with Crippen molar-refractivity contribution in [2.75, 3.05) is 26.2 Å². The average molecular weight is 551 g/mol. The largest absolute Gasteiger partial charge is 0.341 e. The predicted octanol–water partition coefficient (Wildman–Crippen LogP) is 5.24. The first-order chi connectivity index (χ1) is 15.9. The molecule has 3 aliphatic rings. The van der Waals surface area contributed by atoms with E-state index in [0.29, 0.717) is 42.0 Å². The minimum absolute atomic E-state index is 0.0530. The molecule has 8 heteroatoms. The third-order valence-corrected chi connectivity index (χ3v) is 8.24. The highest BCUT2D eigenvalue weighted by Gasteiger charge is 2.37. The molecule has 2 amide bonds. The third-order valence-electron chi connectivity index (χ3n) is 7.28. The average Bonchev–Trinajstić information content (AvgIpc) is 3.11. The van der Waals surface area contributed by atoms with Gasteiger partial charge >= 0.3 is 0 Å². The van der Waals surface area contributed by atoms with Gasteiger partial charge in [-0.25, -0.2) is 0 Å². The number of aryl methyl sites for hydroxylation is 2. The number of aromatic nitrogens is 1. The first-order valence-electron chi connectivity index (χ1n) is 11.6. The molecule has 33 heavy (non-hydrogen) atoms. The highest BCUT2D eigenvalue weighted by molar-refractivity contribution is 9.10. The number of piperidine rings is 1. The summed E-state index contributed by atoms with van der Waals surface area (Å²) in [5.41, 5.74) is 4.66. The first kappa shape index (κ1) is 23.1. The summed E-state index contributed by atoms with van der Waals surface area (Å²) in [5.74, 6) is 0.547. The molecule has 1 aromatic carbocycles. The minimum Gasteiger partial charge on any atom is -0.341 e. The summed E-state index contributed by atoms with van der Waals surface area (Å²) in [4.78, 5) is 33.2. The first-order valence-corrected chi connectivity index (χ1v) is 13.1. The SMILES string of the molecule is O=C(CN1CCCC1=O)N1CCC(C2c3ncc(Br)cc3CCc3cc(Cl)cc(Cl)c32)CC1. The fraction of sp³-hybridized carbons (Fsp3) is 0.480. The van der Waals surface area contributed by atoms with Gasteiger partial charge in [0.15, 0.2) is 0 Å². The number of amides is 2. The Kier molecular flexibility index (Phi) is 6.69. The van der Waals surface area contributed by atoms with Crippen molar-refractivity contribution in [2.45, 2.75) is 44.4 Å². The molecule has 5 nitrogen and oxygen atoms in total. The number of benzene rings is 1. The Morgan fingerprint density at radius 2 is 1.82 bits per heavy atom. The highest BCUT2D eigenvalue weighted by atomic mass is 79.9. The summed E-state index contributed by atoms with van der Waals surface area (Å²) in [6.45, 7) is 2.28. The molecule has 5 rings (SSSR count). The van der Waals surface area contributed by atoms with E-state index >= 15 is 0 Å². The normalized spacial score (nSPS) is 21.1. The number of rotatable bonds is 3. The molecule has 0 bridgehead atoms. The monoisotopic (exact) mass is 549 g/mol. The van der Waals surface area contributed by atoms with E-state index in [2.05, 4.69) is 22.0 Å². The lowest BCUT2D eigenvalue weighted by atomic mass is 9.76. The van der Waals surface area contributed by atoms with Gasteiger partial charge in [0, 0.05) is 52.7 Å². The van der Waals surface area contributed by atoms with Gasteiger partial charge in [-0.3, -0.25) is 14.6 Å². The molecule has 2 aliphatic heterocycles. The number of hydrogen-bond donors (Lipinski definition) is 0. The van der Waals surface area contributed by atoms with Crippen LogP contribution in [0.4, 0.5) is 0 Å². The molecule has 0 N–H and O–H groups in total. The quantitative estimate of drug-likeness (QED) is 0.525. The van der Waals surface area contributed by atoms with Gasteiger partial charge in [-0.1, -0.05) is 23.2 Å². The Balaban J connectivity index is 1.40. The standard InChI is InChI=1S/C25H26BrCl2N3O2/c26-18-10-17-4-3-16-11-19(27)12-20(28)23(16)24(25(17)29-13-18)15-5-8-30(9-6-15)22(33)14-31-7-1-2-21(31)32/h10-13,15,24H,1-9,14H2. The summed E-state index contributed by atoms with van der Waals surface area (Å²) in [6, 6.07) is 6.05. The van der Waals surface area contributed by atoms with Crippen molar-refractivity contribution >= 4 is 50.9 Å². The fourth-order valence-corrected chi connectivity index (χ4v) is 6.68. The van der Waals surface area contributed by atoms with Crippen LogP contribution in [0.3, 0.4) is 0 Å². The molecule has 1 aromatic heterocycles. The van der Waals surface area contributed by atoms with Crippen LogP contribution in [0.15, 0.2) is 28.9 Å². The van der Waals surface area contributed by atoms with E-state index in [1.807, 2.05) is 23.2 Å². The Hall–Kier alpha value is -1.63. The van der Waals surface area contributed by atoms with E-state index in [-0.39, 0.29) is 24.3 Å². The minimum atomic E-state index is 0.0530. The third kappa shape index (κ3) is 4.67. The zero-order valence-corrected chi connectivity index (χ0v) is 21.4. The lowest BCUT2D eigenvalue weighted by molar-refractivity contribution is -0.139. The van der Waals surface area contributed by atoms with Crippen LogP contribution in [0.5, 0.6) is 0 Å². The molecular weight excluding hydrogens is 525 g/mol. The summed E-state index contributed by atoms with van der Waals surface area (Å²) < 4.78 is 0.979. The molecule has 2 fully saturated rings. The lowest BCUT2D eigenvalue weighted by Crippen LogP contribution is -2.45. The number of pyridine rings is 1. The van der Waals surface area contributed by atoms with E-state index in [0.717, 1.165) is 47.8 Å². The molecule has 1 atom stereocenters. The van der Waals surface area contributed by atoms with Crippen LogP contribution in [0.2, 0.25) is 10.0 Å². The second-order valence-electron chi connectivity index (χ2n) is 9.27. The smallest absolute Gasteiger partial charge is 0.242 e. The van der Waals surface area contributed by atoms with Crippen molar-refractivity contribution in [3.63, 3.8) is 0 Å². The number of likely N-dealkylation sites (tertiary alicyclic amines) is 2. The van der Waals surface area contributed by atoms with Crippen molar-refractivity contribution in [2.24, 2.45) is 5.92 Å². The van der Waals surface area contributed by atoms with Crippen LogP contribution < -0.4 is 0 Å². The second-order valence-corrected chi connectivity index (χ2v) is 11.0. The van der Waals surface area contributed by atoms with Crippen molar-refractivity contribution in [3.8, 4) is 0 Å². The van der Waals surface area contributed by atoms with Gasteiger partial charge in [0.25, 0.3) is 0 Å². The molecule has 2 saturated heterocycles. The van der Waals surface area contributed by atoms with E-state index in [1.165, 1.54) is 11.1 Å². The number of fused-ring (bicyclic) bond motifs is 2. The van der Waals surface area contributed by atoms with Crippen molar-refractivity contribution < 1.29 is 9.59 Å². The fourth-order valence-electron chi connectivity index (χ4n) is 5.65. The maximum atomic E-state index is 12.8. The molecule has 1 aliphatic carbocycles. The molecule has 0 saturated carbocycles. The molecule has 3 heterocycles. The molecular formula is C25H26BrCl2N3O2. The number of nitrogens with zero attached hydrogens (tertiary/aromatic N) is 3. The van der Waals surface area contributed by atoms with Crippen LogP contribution in [-0.2, 0) is 22.4 Å². The maximum Gasteiger partial charge on any atom is 0.242 e. The highest BCUT2D eigenvalue weighted by Crippen LogP contribution is 2.46. The van der Waals surface area contributed by atoms with Gasteiger partial charge in [0.2, 0.25) is 11.8 Å². The summed E-state index contributed by atoms with van der Waals surface area (Å²) in [6.07, 6.45) is 6.79. The number of carbonyl (C=O) groups is 2. The van der Waals surface area contributed by atoms with E-state index in [9.17, 15) is 9.59 Å². The van der Waals surface area contributed by atoms with E-state index < -0.39 is 0 Å². The van der Waals surface area contributed by atoms with Gasteiger partial charge in [0.1, 0.15) is 0 Å². The Labute approximate surface area is 212 Å². The van der Waals surface area contributed by atoms with Crippen LogP contribution in [0.25, 0.3) is 0 Å². The lowest BCUT2D eigenvalue weighted by Gasteiger charge is -2.37. The molecule has 1 unspecified atom stereocenters. The maximum absolute atomic E-state index is 12.8. The Morgan fingerprint density at radius 1 is 1.06 bits per heavy atom. The topological polar surface area (TPSA) is 53.5 Å². The van der Waals surface area contributed by atoms with Gasteiger partial charge in [0.05, 0.1) is 12.2 Å². The molecule has 0 spiro atoms. The second kappa shape index (κ2) is 9.55. The summed E-state index contributed by atoms with van der Waals surface area (Å²) >= 11 is 16.7. The van der Waals surface area contributed by atoms with Crippen LogP contribution in [-0.4, -0.2) is 52.8 Å². The van der Waals surface area contributed by atoms with Gasteiger partial charge in [-0.2, -0.15) is 0 Å². The van der Waals surface area contributed by atoms with Gasteiger partial charge in [-0.15, -0.1) is 0 Å². The predicted molar refractivity (Wildman–Crippen MR) is 133 cm³/mol. The number of halogens is 3. The van der Waals surface area contributed by atoms with E-state index in [4.69, 9.17) is 28.2 Å². The zero-order chi connectivity index (χ0) is 23.1. The number of hydrogen-bond acceptors (Lipinski definition) is 3.